The molecule has 0 radical (unpaired) electrons. The zero-order valence-corrected chi connectivity index (χ0v) is 19.7. The zero-order chi connectivity index (χ0) is 22.4. The van der Waals surface area contributed by atoms with Gasteiger partial charge in [0.2, 0.25) is 0 Å². The summed E-state index contributed by atoms with van der Waals surface area (Å²) in [5.74, 6) is 0.732. The number of hydrogen-bond acceptors (Lipinski definition) is 4. The predicted octanol–water partition coefficient (Wildman–Crippen LogP) is 6.35. The van der Waals surface area contributed by atoms with E-state index < -0.39 is 5.60 Å². The van der Waals surface area contributed by atoms with E-state index in [1.54, 1.807) is 11.1 Å². The number of benzene rings is 1. The van der Waals surface area contributed by atoms with Crippen molar-refractivity contribution in [3.8, 4) is 0 Å². The smallest absolute Gasteiger partial charge is 0.416 e. The summed E-state index contributed by atoms with van der Waals surface area (Å²) in [6, 6.07) is 15.0. The van der Waals surface area contributed by atoms with Crippen LogP contribution in [0.3, 0.4) is 0 Å². The van der Waals surface area contributed by atoms with Gasteiger partial charge in [0.15, 0.2) is 0 Å². The quantitative estimate of drug-likeness (QED) is 0.543. The molecule has 2 heterocycles. The summed E-state index contributed by atoms with van der Waals surface area (Å²) < 4.78 is 5.78. The number of rotatable bonds is 6. The first-order valence-corrected chi connectivity index (χ1v) is 11.5. The van der Waals surface area contributed by atoms with Crippen LogP contribution in [0.5, 0.6) is 0 Å². The van der Waals surface area contributed by atoms with Crippen LogP contribution in [0.25, 0.3) is 0 Å². The normalized spacial score (nSPS) is 18.4. The molecule has 0 aliphatic carbocycles. The molecule has 31 heavy (non-hydrogen) atoms. The highest BCUT2D eigenvalue weighted by Crippen LogP contribution is 2.37. The van der Waals surface area contributed by atoms with E-state index in [1.165, 1.54) is 18.4 Å². The lowest BCUT2D eigenvalue weighted by Gasteiger charge is -2.39. The van der Waals surface area contributed by atoms with Crippen molar-refractivity contribution >= 4 is 11.9 Å². The summed E-state index contributed by atoms with van der Waals surface area (Å²) >= 11 is 0. The molecule has 1 saturated heterocycles. The summed E-state index contributed by atoms with van der Waals surface area (Å²) in [4.78, 5) is 22.2. The van der Waals surface area contributed by atoms with E-state index in [2.05, 4.69) is 55.1 Å². The molecule has 1 amide bonds. The standard InChI is InChI=1S/C26H37N3O2/c1-6-20(2)29(25(30)31-26(3,4)5)24-22(15-12-17-27-24)23-16-10-11-18-28(23)19-21-13-8-7-9-14-21/h7-9,12-15,17,20,23H,6,10-11,16,18-19H2,1-5H3/t20-,23+/m0/s1. The van der Waals surface area contributed by atoms with Crippen molar-refractivity contribution in [3.63, 3.8) is 0 Å². The van der Waals surface area contributed by atoms with Gasteiger partial charge in [0, 0.05) is 30.4 Å². The zero-order valence-electron chi connectivity index (χ0n) is 19.7. The number of hydrogen-bond donors (Lipinski definition) is 0. The summed E-state index contributed by atoms with van der Waals surface area (Å²) in [7, 11) is 0. The first-order valence-electron chi connectivity index (χ1n) is 11.5. The van der Waals surface area contributed by atoms with Gasteiger partial charge in [0.05, 0.1) is 0 Å². The van der Waals surface area contributed by atoms with Gasteiger partial charge in [-0.2, -0.15) is 0 Å². The van der Waals surface area contributed by atoms with Crippen LogP contribution in [0.15, 0.2) is 48.7 Å². The Morgan fingerprint density at radius 1 is 1.19 bits per heavy atom. The Morgan fingerprint density at radius 3 is 2.61 bits per heavy atom. The Morgan fingerprint density at radius 2 is 1.94 bits per heavy atom. The molecular formula is C26H37N3O2. The number of nitrogens with zero attached hydrogens (tertiary/aromatic N) is 3. The summed E-state index contributed by atoms with van der Waals surface area (Å²) in [5, 5.41) is 0. The van der Waals surface area contributed by atoms with Crippen molar-refractivity contribution in [3.05, 3.63) is 59.8 Å². The maximum Gasteiger partial charge on any atom is 0.416 e. The third kappa shape index (κ3) is 6.07. The number of pyridine rings is 1. The number of aromatic nitrogens is 1. The Hall–Kier alpha value is -2.40. The Kier molecular flexibility index (Phi) is 7.71. The molecule has 0 unspecified atom stereocenters. The van der Waals surface area contributed by atoms with Crippen LogP contribution >= 0.6 is 0 Å². The lowest BCUT2D eigenvalue weighted by Crippen LogP contribution is -2.44. The van der Waals surface area contributed by atoms with Gasteiger partial charge in [-0.15, -0.1) is 0 Å². The first-order chi connectivity index (χ1) is 14.8. The second kappa shape index (κ2) is 10.3. The number of carbonyl (C=O) groups excluding carboxylic acids is 1. The number of likely N-dealkylation sites (tertiary alicyclic amines) is 1. The number of piperidine rings is 1. The van der Waals surface area contributed by atoms with Crippen molar-refractivity contribution in [2.24, 2.45) is 0 Å². The fourth-order valence-corrected chi connectivity index (χ4v) is 4.19. The molecule has 1 aromatic carbocycles. The van der Waals surface area contributed by atoms with Gasteiger partial charge in [0.25, 0.3) is 0 Å². The first kappa shape index (κ1) is 23.3. The van der Waals surface area contributed by atoms with Crippen molar-refractivity contribution in [2.75, 3.05) is 11.4 Å². The SMILES string of the molecule is CC[C@H](C)N(C(=O)OC(C)(C)C)c1ncccc1[C@H]1CCCCN1Cc1ccccc1. The van der Waals surface area contributed by atoms with E-state index in [4.69, 9.17) is 9.72 Å². The molecule has 168 valence electrons. The van der Waals surface area contributed by atoms with Crippen molar-refractivity contribution < 1.29 is 9.53 Å². The van der Waals surface area contributed by atoms with E-state index in [0.717, 1.165) is 37.3 Å². The molecule has 3 rings (SSSR count). The van der Waals surface area contributed by atoms with Gasteiger partial charge < -0.3 is 4.74 Å². The van der Waals surface area contributed by atoms with E-state index in [0.29, 0.717) is 0 Å². The molecule has 0 spiro atoms. The molecule has 5 nitrogen and oxygen atoms in total. The average Bonchev–Trinajstić information content (AvgIpc) is 2.74. The van der Waals surface area contributed by atoms with Crippen LogP contribution in [0.2, 0.25) is 0 Å². The molecule has 1 aromatic heterocycles. The molecule has 0 N–H and O–H groups in total. The predicted molar refractivity (Wildman–Crippen MR) is 126 cm³/mol. The molecule has 1 aliphatic heterocycles. The maximum absolute atomic E-state index is 13.2. The molecule has 5 heteroatoms. The fourth-order valence-electron chi connectivity index (χ4n) is 4.19. The number of ether oxygens (including phenoxy) is 1. The second-order valence-corrected chi connectivity index (χ2v) is 9.49. The van der Waals surface area contributed by atoms with Crippen molar-refractivity contribution in [1.82, 2.24) is 9.88 Å². The van der Waals surface area contributed by atoms with Gasteiger partial charge >= 0.3 is 6.09 Å². The van der Waals surface area contributed by atoms with Crippen LogP contribution < -0.4 is 4.90 Å². The van der Waals surface area contributed by atoms with Crippen molar-refractivity contribution in [2.45, 2.75) is 84.5 Å². The summed E-state index contributed by atoms with van der Waals surface area (Å²) in [6.45, 7) is 11.8. The molecule has 0 saturated carbocycles. The molecule has 2 aromatic rings. The Balaban J connectivity index is 1.96. The third-order valence-corrected chi connectivity index (χ3v) is 5.87. The van der Waals surface area contributed by atoms with Gasteiger partial charge in [-0.3, -0.25) is 9.80 Å². The topological polar surface area (TPSA) is 45.7 Å². The minimum atomic E-state index is -0.554. The maximum atomic E-state index is 13.2. The third-order valence-electron chi connectivity index (χ3n) is 5.87. The summed E-state index contributed by atoms with van der Waals surface area (Å²) in [6.07, 6.45) is 5.72. The Labute approximate surface area is 187 Å². The lowest BCUT2D eigenvalue weighted by molar-refractivity contribution is 0.0564. The van der Waals surface area contributed by atoms with Gasteiger partial charge in [-0.1, -0.05) is 49.7 Å². The highest BCUT2D eigenvalue weighted by molar-refractivity contribution is 5.88. The largest absolute Gasteiger partial charge is 0.443 e. The molecule has 1 aliphatic rings. The van der Waals surface area contributed by atoms with Gasteiger partial charge in [-0.25, -0.2) is 9.78 Å². The molecular weight excluding hydrogens is 386 g/mol. The number of carbonyl (C=O) groups is 1. The lowest BCUT2D eigenvalue weighted by atomic mass is 9.94. The van der Waals surface area contributed by atoms with Crippen LogP contribution in [0.4, 0.5) is 10.6 Å². The van der Waals surface area contributed by atoms with E-state index in [-0.39, 0.29) is 18.2 Å². The summed E-state index contributed by atoms with van der Waals surface area (Å²) in [5.41, 5.74) is 1.87. The molecule has 1 fully saturated rings. The average molecular weight is 424 g/mol. The van der Waals surface area contributed by atoms with Crippen LogP contribution in [-0.4, -0.2) is 34.2 Å². The van der Waals surface area contributed by atoms with Crippen LogP contribution in [0, 0.1) is 0 Å². The molecule has 2 atom stereocenters. The van der Waals surface area contributed by atoms with Gasteiger partial charge in [-0.05, 0) is 65.1 Å². The monoisotopic (exact) mass is 423 g/mol. The van der Waals surface area contributed by atoms with Crippen LogP contribution in [-0.2, 0) is 11.3 Å². The highest BCUT2D eigenvalue weighted by atomic mass is 16.6. The van der Waals surface area contributed by atoms with E-state index >= 15 is 0 Å². The number of amides is 1. The second-order valence-electron chi connectivity index (χ2n) is 9.49. The fraction of sp³-hybridized carbons (Fsp3) is 0.538. The van der Waals surface area contributed by atoms with Crippen molar-refractivity contribution in [1.29, 1.82) is 0 Å². The Bertz CT molecular complexity index is 847. The molecule has 0 bridgehead atoms. The van der Waals surface area contributed by atoms with Gasteiger partial charge in [0.1, 0.15) is 11.4 Å². The van der Waals surface area contributed by atoms with E-state index in [9.17, 15) is 4.79 Å². The van der Waals surface area contributed by atoms with E-state index in [1.807, 2.05) is 26.8 Å². The minimum absolute atomic E-state index is 0.00494. The highest BCUT2D eigenvalue weighted by Gasteiger charge is 2.33. The van der Waals surface area contributed by atoms with Crippen LogP contribution in [0.1, 0.15) is 77.5 Å². The number of anilines is 1. The minimum Gasteiger partial charge on any atom is -0.443 e.